The minimum atomic E-state index is -1.99. The third-order valence-corrected chi connectivity index (χ3v) is 12.5. The average Bonchev–Trinajstić information content (AvgIpc) is 3.76. The van der Waals surface area contributed by atoms with Crippen LogP contribution in [-0.4, -0.2) is 117 Å². The van der Waals surface area contributed by atoms with E-state index in [1.807, 2.05) is 18.0 Å². The number of rotatable bonds is 16. The third kappa shape index (κ3) is 10.6. The first-order valence-electron chi connectivity index (χ1n) is 19.3. The van der Waals surface area contributed by atoms with Crippen LogP contribution < -0.4 is 0 Å². The largest absolute Gasteiger partial charge is 0.481 e. The van der Waals surface area contributed by atoms with Crippen molar-refractivity contribution in [1.29, 1.82) is 10.5 Å². The van der Waals surface area contributed by atoms with E-state index < -0.39 is 63.6 Å². The number of esters is 1. The number of aromatic nitrogens is 3. The van der Waals surface area contributed by atoms with Crippen molar-refractivity contribution in [1.82, 2.24) is 24.6 Å². The summed E-state index contributed by atoms with van der Waals surface area (Å²) >= 11 is 1.18. The number of carbonyl (C=O) groups excluding carboxylic acids is 1. The van der Waals surface area contributed by atoms with E-state index in [9.17, 15) is 28.7 Å². The molecule has 0 bridgehead atoms. The lowest BCUT2D eigenvalue weighted by Crippen LogP contribution is -2.59. The van der Waals surface area contributed by atoms with Crippen LogP contribution in [0.3, 0.4) is 0 Å². The summed E-state index contributed by atoms with van der Waals surface area (Å²) in [5.74, 6) is -4.90. The lowest BCUT2D eigenvalue weighted by Gasteiger charge is -2.51. The van der Waals surface area contributed by atoms with Crippen molar-refractivity contribution in [3.8, 4) is 12.1 Å². The third-order valence-electron chi connectivity index (χ3n) is 10.8. The molecular weight excluding hydrogens is 800 g/mol. The van der Waals surface area contributed by atoms with Crippen LogP contribution in [0.15, 0.2) is 91.1 Å². The lowest BCUT2D eigenvalue weighted by atomic mass is 9.61. The molecular formula is C43H44F3N7O6S. The van der Waals surface area contributed by atoms with E-state index in [0.717, 1.165) is 31.3 Å². The molecule has 60 heavy (non-hydrogen) atoms. The quantitative estimate of drug-likeness (QED) is 0.148. The van der Waals surface area contributed by atoms with Crippen molar-refractivity contribution < 1.29 is 42.1 Å². The van der Waals surface area contributed by atoms with E-state index >= 15 is 4.39 Å². The summed E-state index contributed by atoms with van der Waals surface area (Å²) in [6, 6.07) is 11.3. The number of nitrogens with zero attached hydrogens (tertiary/aromatic N) is 7. The zero-order valence-electron chi connectivity index (χ0n) is 32.8. The molecule has 1 unspecified atom stereocenters. The number of likely N-dealkylation sites (N-methyl/N-ethyl adjacent to an activating group) is 1. The van der Waals surface area contributed by atoms with Crippen molar-refractivity contribution in [2.75, 3.05) is 59.6 Å². The van der Waals surface area contributed by atoms with Gasteiger partial charge in [-0.2, -0.15) is 15.6 Å². The highest BCUT2D eigenvalue weighted by Crippen LogP contribution is 2.56. The zero-order chi connectivity index (χ0) is 42.7. The summed E-state index contributed by atoms with van der Waals surface area (Å²) in [7, 11) is 2.00. The molecule has 2 fully saturated rings. The molecule has 1 N–H and O–H groups in total. The Balaban J connectivity index is 1.30. The van der Waals surface area contributed by atoms with Crippen LogP contribution in [0.5, 0.6) is 0 Å². The predicted molar refractivity (Wildman–Crippen MR) is 215 cm³/mol. The number of hydrogen-bond acceptors (Lipinski definition) is 12. The van der Waals surface area contributed by atoms with Crippen LogP contribution in [0.4, 0.5) is 13.2 Å². The molecule has 0 amide bonds. The number of halogens is 3. The Morgan fingerprint density at radius 1 is 1.07 bits per heavy atom. The van der Waals surface area contributed by atoms with Crippen molar-refractivity contribution >= 4 is 29.8 Å². The molecule has 1 aromatic heterocycles. The second kappa shape index (κ2) is 20.1. The molecule has 13 nitrogen and oxygen atoms in total. The first kappa shape index (κ1) is 44.0. The van der Waals surface area contributed by atoms with Gasteiger partial charge in [0.05, 0.1) is 47.5 Å². The summed E-state index contributed by atoms with van der Waals surface area (Å²) in [6.07, 6.45) is 12.8. The molecule has 1 aliphatic carbocycles. The lowest BCUT2D eigenvalue weighted by molar-refractivity contribution is -0.157. The summed E-state index contributed by atoms with van der Waals surface area (Å²) < 4.78 is 61.3. The van der Waals surface area contributed by atoms with Crippen molar-refractivity contribution in [2.24, 2.45) is 11.3 Å². The SMILES string of the molecule is CN1CCN(CC(=O)OC[C@@]2(S[C@H]3CO[C@H](C=CC=Cc4ccc(C#N)cc4F)OC3)C=CC(C#N)=C[C@]2(C(=O)O)C(CCc2ccc(F)cc2F)Cn2cncn2)CC1. The Morgan fingerprint density at radius 3 is 2.52 bits per heavy atom. The maximum atomic E-state index is 15.0. The van der Waals surface area contributed by atoms with Crippen molar-refractivity contribution in [2.45, 2.75) is 35.7 Å². The second-order valence-corrected chi connectivity index (χ2v) is 16.4. The first-order chi connectivity index (χ1) is 28.9. The van der Waals surface area contributed by atoms with Gasteiger partial charge in [0.2, 0.25) is 0 Å². The van der Waals surface area contributed by atoms with Gasteiger partial charge in [0.15, 0.2) is 6.29 Å². The van der Waals surface area contributed by atoms with E-state index in [2.05, 4.69) is 21.1 Å². The second-order valence-electron chi connectivity index (χ2n) is 14.8. The number of benzene rings is 2. The Bertz CT molecular complexity index is 2210. The van der Waals surface area contributed by atoms with Gasteiger partial charge in [0, 0.05) is 55.8 Å². The summed E-state index contributed by atoms with van der Waals surface area (Å²) in [4.78, 5) is 35.9. The smallest absolute Gasteiger partial charge is 0.320 e. The highest BCUT2D eigenvalue weighted by Gasteiger charge is 2.62. The fraction of sp³-hybridized carbons (Fsp3) is 0.395. The molecule has 2 saturated heterocycles. The van der Waals surface area contributed by atoms with E-state index in [1.54, 1.807) is 24.3 Å². The predicted octanol–water partition coefficient (Wildman–Crippen LogP) is 5.18. The van der Waals surface area contributed by atoms with Gasteiger partial charge in [0.25, 0.3) is 0 Å². The van der Waals surface area contributed by atoms with Crippen LogP contribution in [-0.2, 0) is 36.8 Å². The fourth-order valence-electron chi connectivity index (χ4n) is 7.58. The Hall–Kier alpha value is -5.56. The van der Waals surface area contributed by atoms with Gasteiger partial charge in [-0.25, -0.2) is 18.2 Å². The molecule has 17 heteroatoms. The number of ether oxygens (including phenoxy) is 3. The standard InChI is InChI=1S/C43H44F3N7O6S/c1-51-14-16-52(17-15-51)24-39(54)59-27-42(60-36-25-57-40(58-26-36)5-3-2-4-32-7-6-30(21-47)18-37(32)45)13-12-31(22-48)20-43(42,41(55)56)34(23-53-29-49-28-50-53)10-8-33-9-11-35(44)19-38(33)46/h2-7,9,11-13,18-20,28-29,34,36,40H,8,10,14-17,23-27H2,1H3,(H,55,56)/t34?,36-,40-,42-,43+/m0/s1. The number of nitriles is 2. The van der Waals surface area contributed by atoms with E-state index in [0.29, 0.717) is 13.1 Å². The normalized spacial score (nSPS) is 24.2. The number of hydrogen-bond donors (Lipinski definition) is 1. The van der Waals surface area contributed by atoms with Crippen LogP contribution in [0.1, 0.15) is 23.1 Å². The van der Waals surface area contributed by atoms with Crippen LogP contribution in [0, 0.1) is 51.4 Å². The molecule has 6 rings (SSSR count). The number of aryl methyl sites for hydroxylation is 1. The molecule has 0 saturated carbocycles. The minimum absolute atomic E-state index is 0.000179. The molecule has 2 aliphatic heterocycles. The van der Waals surface area contributed by atoms with Crippen LogP contribution in [0.2, 0.25) is 0 Å². The number of aliphatic carboxylic acids is 1. The molecule has 2 aromatic carbocycles. The number of thioether (sulfide) groups is 1. The molecule has 3 aromatic rings. The van der Waals surface area contributed by atoms with Gasteiger partial charge >= 0.3 is 11.9 Å². The molecule has 3 atom stereocenters. The van der Waals surface area contributed by atoms with Gasteiger partial charge in [-0.15, -0.1) is 11.8 Å². The average molecular weight is 844 g/mol. The minimum Gasteiger partial charge on any atom is -0.481 e. The van der Waals surface area contributed by atoms with E-state index in [4.69, 9.17) is 19.5 Å². The molecule has 3 heterocycles. The van der Waals surface area contributed by atoms with E-state index in [1.165, 1.54) is 65.5 Å². The monoisotopic (exact) mass is 843 g/mol. The highest BCUT2D eigenvalue weighted by molar-refractivity contribution is 8.01. The number of piperazine rings is 1. The van der Waals surface area contributed by atoms with Gasteiger partial charge in [-0.3, -0.25) is 19.2 Å². The number of carbonyl (C=O) groups is 2. The zero-order valence-corrected chi connectivity index (χ0v) is 33.6. The Labute approximate surface area is 350 Å². The highest BCUT2D eigenvalue weighted by atomic mass is 32.2. The summed E-state index contributed by atoms with van der Waals surface area (Å²) in [5.41, 5.74) is -1.27. The Morgan fingerprint density at radius 2 is 1.85 bits per heavy atom. The van der Waals surface area contributed by atoms with Crippen LogP contribution >= 0.6 is 11.8 Å². The van der Waals surface area contributed by atoms with Crippen molar-refractivity contribution in [3.05, 3.63) is 125 Å². The van der Waals surface area contributed by atoms with Crippen LogP contribution in [0.25, 0.3) is 6.08 Å². The summed E-state index contributed by atoms with van der Waals surface area (Å²) in [6.45, 7) is 2.51. The number of carboxylic acids is 1. The topological polar surface area (TPSA) is 167 Å². The van der Waals surface area contributed by atoms with Gasteiger partial charge < -0.3 is 24.2 Å². The number of allylic oxidation sites excluding steroid dienone is 4. The Kier molecular flexibility index (Phi) is 14.8. The number of carboxylic acid groups (broad SMARTS) is 1. The maximum absolute atomic E-state index is 15.0. The maximum Gasteiger partial charge on any atom is 0.320 e. The van der Waals surface area contributed by atoms with E-state index in [-0.39, 0.29) is 61.4 Å². The van der Waals surface area contributed by atoms with Gasteiger partial charge in [-0.1, -0.05) is 36.4 Å². The molecule has 0 radical (unpaired) electrons. The first-order valence-corrected chi connectivity index (χ1v) is 20.2. The van der Waals surface area contributed by atoms with Gasteiger partial charge in [-0.05, 0) is 61.9 Å². The fourth-order valence-corrected chi connectivity index (χ4v) is 9.25. The molecule has 314 valence electrons. The van der Waals surface area contributed by atoms with Gasteiger partial charge in [0.1, 0.15) is 42.1 Å². The molecule has 0 spiro atoms. The molecule has 3 aliphatic rings. The van der Waals surface area contributed by atoms with Crippen molar-refractivity contribution in [3.63, 3.8) is 0 Å². The summed E-state index contributed by atoms with van der Waals surface area (Å²) in [5, 5.41) is 34.5.